The first kappa shape index (κ1) is 16.7. The van der Waals surface area contributed by atoms with Gasteiger partial charge in [0.05, 0.1) is 17.8 Å². The molecule has 1 aliphatic heterocycles. The Bertz CT molecular complexity index is 902. The summed E-state index contributed by atoms with van der Waals surface area (Å²) in [5.74, 6) is 1.17. The Morgan fingerprint density at radius 2 is 2.27 bits per heavy atom. The lowest BCUT2D eigenvalue weighted by atomic mass is 10.1. The van der Waals surface area contributed by atoms with Crippen molar-refractivity contribution in [3.8, 4) is 0 Å². The molecule has 1 atom stereocenters. The van der Waals surface area contributed by atoms with Crippen LogP contribution in [0.2, 0.25) is 0 Å². The fraction of sp³-hybridized carbons (Fsp3) is 0.444. The Labute approximate surface area is 151 Å². The Morgan fingerprint density at radius 1 is 1.35 bits per heavy atom. The van der Waals surface area contributed by atoms with E-state index in [2.05, 4.69) is 20.6 Å². The van der Waals surface area contributed by atoms with Gasteiger partial charge in [-0.3, -0.25) is 4.79 Å². The summed E-state index contributed by atoms with van der Waals surface area (Å²) < 4.78 is 7.02. The Kier molecular flexibility index (Phi) is 4.66. The molecular formula is C18H22N6O2. The molecule has 8 nitrogen and oxygen atoms in total. The second-order valence-electron chi connectivity index (χ2n) is 6.62. The number of pyridine rings is 1. The Morgan fingerprint density at radius 3 is 3.12 bits per heavy atom. The fourth-order valence-corrected chi connectivity index (χ4v) is 3.38. The smallest absolute Gasteiger partial charge is 0.246 e. The number of carbonyl (C=O) groups is 1. The molecule has 26 heavy (non-hydrogen) atoms. The number of nitrogens with zero attached hydrogens (tertiary/aromatic N) is 5. The van der Waals surface area contributed by atoms with Crippen molar-refractivity contribution >= 4 is 11.4 Å². The van der Waals surface area contributed by atoms with Gasteiger partial charge < -0.3 is 14.7 Å². The summed E-state index contributed by atoms with van der Waals surface area (Å²) in [5, 5.41) is 11.6. The molecule has 3 aromatic heterocycles. The van der Waals surface area contributed by atoms with Crippen LogP contribution in [0.15, 0.2) is 35.1 Å². The summed E-state index contributed by atoms with van der Waals surface area (Å²) >= 11 is 0. The molecule has 8 heteroatoms. The first-order valence-electron chi connectivity index (χ1n) is 8.93. The van der Waals surface area contributed by atoms with Crippen LogP contribution in [0.3, 0.4) is 0 Å². The SMILES string of the molecule is Cc1noc(CN2CCCCC(NCc3cnn4ccccc34)C2=O)n1. The highest BCUT2D eigenvalue weighted by atomic mass is 16.5. The van der Waals surface area contributed by atoms with Crippen LogP contribution in [0.5, 0.6) is 0 Å². The number of aromatic nitrogens is 4. The van der Waals surface area contributed by atoms with E-state index < -0.39 is 0 Å². The standard InChI is InChI=1S/C18H22N6O2/c1-13-21-17(26-22-13)12-23-8-4-2-6-15(18(23)25)19-10-14-11-20-24-9-5-3-7-16(14)24/h3,5,7,9,11,15,19H,2,4,6,8,10,12H2,1H3. The number of carbonyl (C=O) groups excluding carboxylic acids is 1. The largest absolute Gasteiger partial charge is 0.337 e. The number of likely N-dealkylation sites (tertiary alicyclic amines) is 1. The quantitative estimate of drug-likeness (QED) is 0.750. The number of aryl methyl sites for hydroxylation is 1. The van der Waals surface area contributed by atoms with Crippen molar-refractivity contribution in [1.82, 2.24) is 30.0 Å². The molecule has 0 bridgehead atoms. The number of hydrogen-bond acceptors (Lipinski definition) is 6. The summed E-state index contributed by atoms with van der Waals surface area (Å²) in [4.78, 5) is 19.0. The first-order valence-corrected chi connectivity index (χ1v) is 8.93. The molecular weight excluding hydrogens is 332 g/mol. The molecule has 136 valence electrons. The second kappa shape index (κ2) is 7.25. The van der Waals surface area contributed by atoms with Gasteiger partial charge in [0.25, 0.3) is 0 Å². The van der Waals surface area contributed by atoms with Gasteiger partial charge in [-0.15, -0.1) is 0 Å². The van der Waals surface area contributed by atoms with Crippen LogP contribution in [0, 0.1) is 6.92 Å². The summed E-state index contributed by atoms with van der Waals surface area (Å²) in [6.07, 6.45) is 6.59. The van der Waals surface area contributed by atoms with Crippen molar-refractivity contribution in [1.29, 1.82) is 0 Å². The molecule has 1 unspecified atom stereocenters. The zero-order valence-electron chi connectivity index (χ0n) is 14.8. The third-order valence-corrected chi connectivity index (χ3v) is 4.72. The zero-order valence-corrected chi connectivity index (χ0v) is 14.8. The normalized spacial score (nSPS) is 18.4. The molecule has 0 radical (unpaired) electrons. The average molecular weight is 354 g/mol. The molecule has 0 aromatic carbocycles. The monoisotopic (exact) mass is 354 g/mol. The van der Waals surface area contributed by atoms with Crippen LogP contribution in [-0.4, -0.2) is 43.1 Å². The van der Waals surface area contributed by atoms with Crippen LogP contribution in [0.25, 0.3) is 5.52 Å². The molecule has 3 aromatic rings. The number of fused-ring (bicyclic) bond motifs is 1. The van der Waals surface area contributed by atoms with E-state index in [1.54, 1.807) is 6.92 Å². The van der Waals surface area contributed by atoms with Crippen LogP contribution in [-0.2, 0) is 17.9 Å². The van der Waals surface area contributed by atoms with Gasteiger partial charge in [-0.1, -0.05) is 11.2 Å². The van der Waals surface area contributed by atoms with Crippen LogP contribution in [0.4, 0.5) is 0 Å². The minimum atomic E-state index is -0.208. The van der Waals surface area contributed by atoms with E-state index in [0.717, 1.165) is 36.9 Å². The van der Waals surface area contributed by atoms with E-state index in [1.165, 1.54) is 0 Å². The molecule has 1 N–H and O–H groups in total. The first-order chi connectivity index (χ1) is 12.7. The average Bonchev–Trinajstić information content (AvgIpc) is 3.21. The zero-order chi connectivity index (χ0) is 17.9. The number of hydrogen-bond donors (Lipinski definition) is 1. The summed E-state index contributed by atoms with van der Waals surface area (Å²) in [5.41, 5.74) is 2.14. The maximum Gasteiger partial charge on any atom is 0.246 e. The fourth-order valence-electron chi connectivity index (χ4n) is 3.38. The van der Waals surface area contributed by atoms with Gasteiger partial charge in [-0.05, 0) is 38.3 Å². The van der Waals surface area contributed by atoms with Gasteiger partial charge in [0.1, 0.15) is 6.54 Å². The topological polar surface area (TPSA) is 88.6 Å². The lowest BCUT2D eigenvalue weighted by Gasteiger charge is -2.23. The molecule has 1 aliphatic rings. The van der Waals surface area contributed by atoms with Crippen LogP contribution >= 0.6 is 0 Å². The number of amides is 1. The van der Waals surface area contributed by atoms with Gasteiger partial charge in [0.15, 0.2) is 5.82 Å². The third-order valence-electron chi connectivity index (χ3n) is 4.72. The molecule has 0 saturated carbocycles. The van der Waals surface area contributed by atoms with Gasteiger partial charge in [0.2, 0.25) is 11.8 Å². The van der Waals surface area contributed by atoms with E-state index in [4.69, 9.17) is 4.52 Å². The van der Waals surface area contributed by atoms with Crippen molar-refractivity contribution in [2.45, 2.75) is 45.3 Å². The lowest BCUT2D eigenvalue weighted by Crippen LogP contribution is -2.44. The predicted molar refractivity (Wildman–Crippen MR) is 94.1 cm³/mol. The van der Waals surface area contributed by atoms with Crippen LogP contribution in [0.1, 0.15) is 36.5 Å². The van der Waals surface area contributed by atoms with Crippen LogP contribution < -0.4 is 5.32 Å². The minimum Gasteiger partial charge on any atom is -0.337 e. The molecule has 0 aliphatic carbocycles. The van der Waals surface area contributed by atoms with E-state index in [1.807, 2.05) is 40.0 Å². The summed E-state index contributed by atoms with van der Waals surface area (Å²) in [6.45, 7) is 3.47. The summed E-state index contributed by atoms with van der Waals surface area (Å²) in [7, 11) is 0. The lowest BCUT2D eigenvalue weighted by molar-refractivity contribution is -0.133. The Balaban J connectivity index is 1.44. The van der Waals surface area contributed by atoms with Gasteiger partial charge in [-0.25, -0.2) is 4.52 Å². The van der Waals surface area contributed by atoms with E-state index >= 15 is 0 Å². The number of nitrogens with one attached hydrogen (secondary N) is 1. The van der Waals surface area contributed by atoms with Gasteiger partial charge >= 0.3 is 0 Å². The molecule has 4 heterocycles. The molecule has 1 amide bonds. The summed E-state index contributed by atoms with van der Waals surface area (Å²) in [6, 6.07) is 5.76. The highest BCUT2D eigenvalue weighted by molar-refractivity contribution is 5.82. The van der Waals surface area contributed by atoms with Crippen molar-refractivity contribution < 1.29 is 9.32 Å². The van der Waals surface area contributed by atoms with E-state index in [9.17, 15) is 4.79 Å². The van der Waals surface area contributed by atoms with Crippen molar-refractivity contribution in [2.75, 3.05) is 6.54 Å². The van der Waals surface area contributed by atoms with Gasteiger partial charge in [0, 0.05) is 24.8 Å². The molecule has 1 saturated heterocycles. The maximum atomic E-state index is 12.9. The van der Waals surface area contributed by atoms with Crippen molar-refractivity contribution in [3.05, 3.63) is 47.9 Å². The third kappa shape index (κ3) is 3.45. The highest BCUT2D eigenvalue weighted by Crippen LogP contribution is 2.16. The molecule has 1 fully saturated rings. The second-order valence-corrected chi connectivity index (χ2v) is 6.62. The van der Waals surface area contributed by atoms with Crippen molar-refractivity contribution in [2.24, 2.45) is 0 Å². The Hall–Kier alpha value is -2.74. The van der Waals surface area contributed by atoms with Gasteiger partial charge in [-0.2, -0.15) is 10.1 Å². The predicted octanol–water partition coefficient (Wildman–Crippen LogP) is 1.70. The van der Waals surface area contributed by atoms with Crippen molar-refractivity contribution in [3.63, 3.8) is 0 Å². The highest BCUT2D eigenvalue weighted by Gasteiger charge is 2.28. The van der Waals surface area contributed by atoms with E-state index in [-0.39, 0.29) is 11.9 Å². The number of rotatable bonds is 5. The minimum absolute atomic E-state index is 0.0924. The van der Waals surface area contributed by atoms with E-state index in [0.29, 0.717) is 24.8 Å². The maximum absolute atomic E-state index is 12.9. The molecule has 0 spiro atoms. The molecule has 4 rings (SSSR count).